The molecular formula is C27H22BrNO6. The third kappa shape index (κ3) is 4.10. The van der Waals surface area contributed by atoms with Gasteiger partial charge in [0.1, 0.15) is 0 Å². The van der Waals surface area contributed by atoms with Gasteiger partial charge in [0.05, 0.1) is 38.2 Å². The van der Waals surface area contributed by atoms with Gasteiger partial charge in [0.2, 0.25) is 0 Å². The predicted molar refractivity (Wildman–Crippen MR) is 136 cm³/mol. The van der Waals surface area contributed by atoms with Crippen LogP contribution in [0.2, 0.25) is 0 Å². The van der Waals surface area contributed by atoms with Crippen molar-refractivity contribution in [2.75, 3.05) is 21.3 Å². The number of hydrogen-bond acceptors (Lipinski definition) is 6. The van der Waals surface area contributed by atoms with Crippen molar-refractivity contribution < 1.29 is 28.6 Å². The second kappa shape index (κ2) is 9.76. The first-order valence-electron chi connectivity index (χ1n) is 10.6. The van der Waals surface area contributed by atoms with Gasteiger partial charge >= 0.3 is 17.9 Å². The molecule has 0 spiro atoms. The van der Waals surface area contributed by atoms with Crippen LogP contribution in [0.15, 0.2) is 65.1 Å². The smallest absolute Gasteiger partial charge is 0.340 e. The molecule has 0 bridgehead atoms. The van der Waals surface area contributed by atoms with E-state index in [1.807, 2.05) is 66.1 Å². The van der Waals surface area contributed by atoms with Crippen molar-refractivity contribution >= 4 is 50.2 Å². The molecule has 0 unspecified atom stereocenters. The van der Waals surface area contributed by atoms with Crippen LogP contribution in [-0.4, -0.2) is 43.8 Å². The summed E-state index contributed by atoms with van der Waals surface area (Å²) in [5.74, 6) is -2.05. The summed E-state index contributed by atoms with van der Waals surface area (Å²) in [5, 5.41) is 1.24. The highest BCUT2D eigenvalue weighted by Gasteiger charge is 2.33. The molecule has 2 aliphatic rings. The second-order valence-corrected chi connectivity index (χ2v) is 8.59. The monoisotopic (exact) mass is 535 g/mol. The number of benzene rings is 1. The maximum Gasteiger partial charge on any atom is 0.340 e. The van der Waals surface area contributed by atoms with Crippen molar-refractivity contribution in [2.24, 2.45) is 0 Å². The van der Waals surface area contributed by atoms with E-state index in [1.165, 1.54) is 21.3 Å². The van der Waals surface area contributed by atoms with E-state index in [0.717, 1.165) is 32.9 Å². The van der Waals surface area contributed by atoms with Gasteiger partial charge in [0.15, 0.2) is 0 Å². The van der Waals surface area contributed by atoms with E-state index in [9.17, 15) is 14.4 Å². The van der Waals surface area contributed by atoms with Crippen LogP contribution in [0.1, 0.15) is 21.7 Å². The quantitative estimate of drug-likeness (QED) is 0.195. The van der Waals surface area contributed by atoms with Crippen LogP contribution < -0.4 is 0 Å². The van der Waals surface area contributed by atoms with Crippen molar-refractivity contribution in [3.63, 3.8) is 0 Å². The van der Waals surface area contributed by atoms with E-state index in [4.69, 9.17) is 14.2 Å². The molecule has 178 valence electrons. The fraction of sp³-hybridized carbons (Fsp3) is 0.148. The molecule has 0 saturated carbocycles. The molecule has 0 N–H and O–H groups in total. The molecule has 2 aliphatic carbocycles. The molecule has 0 aliphatic heterocycles. The first kappa shape index (κ1) is 24.2. The van der Waals surface area contributed by atoms with Crippen LogP contribution in [0.5, 0.6) is 0 Å². The fourth-order valence-electron chi connectivity index (χ4n) is 4.37. The highest BCUT2D eigenvalue weighted by molar-refractivity contribution is 9.10. The average molecular weight is 536 g/mol. The van der Waals surface area contributed by atoms with Crippen LogP contribution in [-0.2, 0) is 23.8 Å². The van der Waals surface area contributed by atoms with Gasteiger partial charge in [0.25, 0.3) is 0 Å². The Bertz CT molecular complexity index is 1470. The number of hydrogen-bond donors (Lipinski definition) is 0. The fourth-order valence-corrected chi connectivity index (χ4v) is 4.64. The number of methoxy groups -OCH3 is 3. The number of aryl methyl sites for hydroxylation is 1. The summed E-state index contributed by atoms with van der Waals surface area (Å²) >= 11 is 3.45. The Hall–Kier alpha value is -3.91. The van der Waals surface area contributed by atoms with Crippen molar-refractivity contribution in [3.05, 3.63) is 82.1 Å². The number of carbonyl (C=O) groups is 3. The van der Waals surface area contributed by atoms with E-state index in [1.54, 1.807) is 0 Å². The summed E-state index contributed by atoms with van der Waals surface area (Å²) in [7, 11) is 3.76. The van der Waals surface area contributed by atoms with Crippen molar-refractivity contribution in [2.45, 2.75) is 6.92 Å². The molecule has 0 saturated heterocycles. The average Bonchev–Trinajstić information content (AvgIpc) is 3.21. The number of fused-ring (bicyclic) bond motifs is 3. The summed E-state index contributed by atoms with van der Waals surface area (Å²) in [6, 6.07) is 16.8. The van der Waals surface area contributed by atoms with Gasteiger partial charge in [-0.25, -0.2) is 14.4 Å². The van der Waals surface area contributed by atoms with Crippen LogP contribution in [0.4, 0.5) is 0 Å². The number of halogens is 1. The van der Waals surface area contributed by atoms with Crippen molar-refractivity contribution in [1.82, 2.24) is 4.57 Å². The number of rotatable bonds is 5. The Morgan fingerprint density at radius 2 is 1.49 bits per heavy atom. The summed E-state index contributed by atoms with van der Waals surface area (Å²) in [5.41, 5.74) is 3.54. The molecule has 4 rings (SSSR count). The minimum Gasteiger partial charge on any atom is -0.466 e. The number of esters is 3. The molecule has 0 radical (unpaired) electrons. The largest absolute Gasteiger partial charge is 0.466 e. The molecule has 1 aromatic carbocycles. The highest BCUT2D eigenvalue weighted by atomic mass is 79.9. The number of ether oxygens (including phenoxy) is 3. The molecular weight excluding hydrogens is 514 g/mol. The molecule has 35 heavy (non-hydrogen) atoms. The van der Waals surface area contributed by atoms with E-state index in [-0.39, 0.29) is 5.57 Å². The lowest BCUT2D eigenvalue weighted by molar-refractivity contribution is -0.136. The summed E-state index contributed by atoms with van der Waals surface area (Å²) < 4.78 is 17.7. The van der Waals surface area contributed by atoms with Crippen LogP contribution in [0.25, 0.3) is 33.2 Å². The van der Waals surface area contributed by atoms with Crippen molar-refractivity contribution in [1.29, 1.82) is 0 Å². The molecule has 0 amide bonds. The molecule has 2 aromatic rings. The van der Waals surface area contributed by atoms with Gasteiger partial charge in [-0.15, -0.1) is 0 Å². The van der Waals surface area contributed by atoms with Gasteiger partial charge in [-0.05, 0) is 42.3 Å². The predicted octanol–water partition coefficient (Wildman–Crippen LogP) is 5.32. The Morgan fingerprint density at radius 1 is 0.829 bits per heavy atom. The number of carbonyl (C=O) groups excluding carboxylic acids is 3. The summed E-state index contributed by atoms with van der Waals surface area (Å²) in [6.07, 6.45) is 1.08. The van der Waals surface area contributed by atoms with E-state index < -0.39 is 17.9 Å². The zero-order valence-corrected chi connectivity index (χ0v) is 21.1. The lowest BCUT2D eigenvalue weighted by Gasteiger charge is -2.15. The first-order chi connectivity index (χ1) is 16.8. The molecule has 1 heterocycles. The topological polar surface area (TPSA) is 83.8 Å². The zero-order chi connectivity index (χ0) is 25.3. The normalized spacial score (nSPS) is 11.5. The maximum absolute atomic E-state index is 13.1. The zero-order valence-electron chi connectivity index (χ0n) is 19.5. The summed E-state index contributed by atoms with van der Waals surface area (Å²) in [4.78, 5) is 38.5. The van der Waals surface area contributed by atoms with Gasteiger partial charge in [0, 0.05) is 32.7 Å². The maximum atomic E-state index is 13.1. The standard InChI is InChI=1S/C27H22BrNO6/c1-15-22-18-8-6-5-7-9-19(18)23(27(32)35-4)24(22)25(20(26(31)34-3)14-21(30)33-2)29(15)17-12-10-16(28)11-13-17/h5-14H,1-4H3. The Morgan fingerprint density at radius 3 is 2.09 bits per heavy atom. The highest BCUT2D eigenvalue weighted by Crippen LogP contribution is 2.46. The van der Waals surface area contributed by atoms with Crippen molar-refractivity contribution in [3.8, 4) is 16.8 Å². The SMILES string of the molecule is COC(=O)C=C(C(=O)OC)c1c2c(C(=O)OC)c3cccccc-3c2c(C)n1-c1ccc(Br)cc1. The molecule has 1 aromatic heterocycles. The van der Waals surface area contributed by atoms with Gasteiger partial charge in [-0.1, -0.05) is 46.3 Å². The number of nitrogens with zero attached hydrogens (tertiary/aromatic N) is 1. The minimum atomic E-state index is -0.750. The molecule has 0 atom stereocenters. The van der Waals surface area contributed by atoms with E-state index in [0.29, 0.717) is 22.2 Å². The third-order valence-electron chi connectivity index (χ3n) is 5.83. The molecule has 8 heteroatoms. The minimum absolute atomic E-state index is 0.0507. The third-order valence-corrected chi connectivity index (χ3v) is 6.36. The van der Waals surface area contributed by atoms with Gasteiger partial charge in [-0.3, -0.25) is 0 Å². The Labute approximate surface area is 210 Å². The molecule has 7 nitrogen and oxygen atoms in total. The van der Waals surface area contributed by atoms with Gasteiger partial charge in [-0.2, -0.15) is 0 Å². The molecule has 0 fully saturated rings. The van der Waals surface area contributed by atoms with E-state index >= 15 is 0 Å². The summed E-state index contributed by atoms with van der Waals surface area (Å²) in [6.45, 7) is 1.90. The Kier molecular flexibility index (Phi) is 6.75. The van der Waals surface area contributed by atoms with Gasteiger partial charge < -0.3 is 18.8 Å². The van der Waals surface area contributed by atoms with Crippen LogP contribution >= 0.6 is 15.9 Å². The first-order valence-corrected chi connectivity index (χ1v) is 11.4. The lowest BCUT2D eigenvalue weighted by Crippen LogP contribution is -2.13. The van der Waals surface area contributed by atoms with E-state index in [2.05, 4.69) is 15.9 Å². The Balaban J connectivity index is 2.29. The van der Waals surface area contributed by atoms with Crippen LogP contribution in [0, 0.1) is 6.92 Å². The number of aromatic nitrogens is 1. The lowest BCUT2D eigenvalue weighted by atomic mass is 10.0. The second-order valence-electron chi connectivity index (χ2n) is 7.67. The van der Waals surface area contributed by atoms with Crippen LogP contribution in [0.3, 0.4) is 0 Å².